The number of methoxy groups -OCH3 is 1. The molecular weight excluding hydrogens is 342 g/mol. The molecule has 0 aliphatic carbocycles. The van der Waals surface area contributed by atoms with E-state index in [9.17, 15) is 14.9 Å². The van der Waals surface area contributed by atoms with Gasteiger partial charge >= 0.3 is 5.97 Å². The molecule has 0 fully saturated rings. The highest BCUT2D eigenvalue weighted by molar-refractivity contribution is 5.86. The third-order valence-electron chi connectivity index (χ3n) is 3.82. The average molecular weight is 363 g/mol. The van der Waals surface area contributed by atoms with Gasteiger partial charge in [-0.1, -0.05) is 24.3 Å². The summed E-state index contributed by atoms with van der Waals surface area (Å²) in [5.41, 5.74) is 0.855. The normalized spacial score (nSPS) is 11.8. The molecule has 140 valence electrons. The van der Waals surface area contributed by atoms with Crippen LogP contribution in [0.2, 0.25) is 0 Å². The molecule has 0 amide bonds. The molecule has 0 radical (unpaired) electrons. The van der Waals surface area contributed by atoms with Crippen molar-refractivity contribution in [3.05, 3.63) is 52.1 Å². The molecule has 1 unspecified atom stereocenters. The van der Waals surface area contributed by atoms with Gasteiger partial charge in [0.1, 0.15) is 19.0 Å². The standard InChI is InChI=1S/C18H21NO7/c1-13(18(20)25-9-7-24-8-10-26-19(21)22)14-3-4-16-12-17(23-2)6-5-15(16)11-14/h3-6,11-13H,7-10H2,1-2H3. The summed E-state index contributed by atoms with van der Waals surface area (Å²) in [5, 5.41) is 11.1. The Kier molecular flexibility index (Phi) is 7.16. The second kappa shape index (κ2) is 9.57. The van der Waals surface area contributed by atoms with Gasteiger partial charge in [0.25, 0.3) is 5.09 Å². The van der Waals surface area contributed by atoms with Gasteiger partial charge in [-0.05, 0) is 35.4 Å². The summed E-state index contributed by atoms with van der Waals surface area (Å²) in [6.45, 7) is 1.91. The van der Waals surface area contributed by atoms with Crippen LogP contribution in [-0.4, -0.2) is 44.6 Å². The van der Waals surface area contributed by atoms with Crippen molar-refractivity contribution in [2.75, 3.05) is 33.5 Å². The van der Waals surface area contributed by atoms with Crippen LogP contribution in [0.3, 0.4) is 0 Å². The number of carbonyl (C=O) groups is 1. The summed E-state index contributed by atoms with van der Waals surface area (Å²) in [6.07, 6.45) is 0. The van der Waals surface area contributed by atoms with Crippen LogP contribution in [0.1, 0.15) is 18.4 Å². The molecule has 2 rings (SSSR count). The van der Waals surface area contributed by atoms with Crippen molar-refractivity contribution in [3.8, 4) is 5.75 Å². The molecule has 0 N–H and O–H groups in total. The highest BCUT2D eigenvalue weighted by Crippen LogP contribution is 2.25. The minimum absolute atomic E-state index is 0.0578. The number of esters is 1. The Labute approximate surface area is 150 Å². The van der Waals surface area contributed by atoms with E-state index in [1.54, 1.807) is 14.0 Å². The van der Waals surface area contributed by atoms with E-state index in [1.165, 1.54) is 0 Å². The van der Waals surface area contributed by atoms with E-state index in [-0.39, 0.29) is 32.4 Å². The fraction of sp³-hybridized carbons (Fsp3) is 0.389. The highest BCUT2D eigenvalue weighted by Gasteiger charge is 2.17. The Morgan fingerprint density at radius 3 is 2.50 bits per heavy atom. The fourth-order valence-electron chi connectivity index (χ4n) is 2.37. The second-order valence-corrected chi connectivity index (χ2v) is 5.53. The maximum absolute atomic E-state index is 12.1. The Bertz CT molecular complexity index is 762. The largest absolute Gasteiger partial charge is 0.497 e. The molecule has 0 aliphatic heterocycles. The molecular formula is C18H21NO7. The Balaban J connectivity index is 1.82. The molecule has 2 aromatic rings. The van der Waals surface area contributed by atoms with Crippen molar-refractivity contribution < 1.29 is 28.9 Å². The van der Waals surface area contributed by atoms with E-state index in [0.717, 1.165) is 22.1 Å². The first-order chi connectivity index (χ1) is 12.5. The number of rotatable bonds is 10. The highest BCUT2D eigenvalue weighted by atomic mass is 17.0. The molecule has 0 saturated carbocycles. The number of hydrogen-bond donors (Lipinski definition) is 0. The Morgan fingerprint density at radius 2 is 1.77 bits per heavy atom. The van der Waals surface area contributed by atoms with Crippen molar-refractivity contribution in [2.45, 2.75) is 12.8 Å². The molecule has 1 atom stereocenters. The van der Waals surface area contributed by atoms with E-state index in [4.69, 9.17) is 14.2 Å². The van der Waals surface area contributed by atoms with Gasteiger partial charge < -0.3 is 19.0 Å². The number of hydrogen-bond acceptors (Lipinski definition) is 7. The van der Waals surface area contributed by atoms with E-state index in [2.05, 4.69) is 4.84 Å². The monoisotopic (exact) mass is 363 g/mol. The van der Waals surface area contributed by atoms with Crippen molar-refractivity contribution >= 4 is 16.7 Å². The van der Waals surface area contributed by atoms with E-state index in [1.807, 2.05) is 36.4 Å². The van der Waals surface area contributed by atoms with E-state index >= 15 is 0 Å². The minimum Gasteiger partial charge on any atom is -0.497 e. The number of ether oxygens (including phenoxy) is 3. The number of carbonyl (C=O) groups excluding carboxylic acids is 1. The van der Waals surface area contributed by atoms with Gasteiger partial charge in [0, 0.05) is 0 Å². The summed E-state index contributed by atoms with van der Waals surface area (Å²) >= 11 is 0. The molecule has 2 aromatic carbocycles. The van der Waals surface area contributed by atoms with Crippen LogP contribution in [0.5, 0.6) is 5.75 Å². The molecule has 0 spiro atoms. The van der Waals surface area contributed by atoms with Crippen LogP contribution in [0.25, 0.3) is 10.8 Å². The van der Waals surface area contributed by atoms with Crippen LogP contribution in [0, 0.1) is 10.1 Å². The quantitative estimate of drug-likeness (QED) is 0.277. The maximum atomic E-state index is 12.1. The van der Waals surface area contributed by atoms with Crippen molar-refractivity contribution in [1.82, 2.24) is 0 Å². The lowest BCUT2D eigenvalue weighted by Crippen LogP contribution is -2.17. The minimum atomic E-state index is -0.884. The van der Waals surface area contributed by atoms with Gasteiger partial charge in [0.05, 0.1) is 26.2 Å². The average Bonchev–Trinajstić information content (AvgIpc) is 2.65. The maximum Gasteiger partial charge on any atom is 0.313 e. The third-order valence-corrected chi connectivity index (χ3v) is 3.82. The van der Waals surface area contributed by atoms with Crippen molar-refractivity contribution in [3.63, 3.8) is 0 Å². The van der Waals surface area contributed by atoms with Crippen LogP contribution in [0.4, 0.5) is 0 Å². The molecule has 8 nitrogen and oxygen atoms in total. The molecule has 0 heterocycles. The topological polar surface area (TPSA) is 97.1 Å². The molecule has 26 heavy (non-hydrogen) atoms. The molecule has 8 heteroatoms. The van der Waals surface area contributed by atoms with Gasteiger partial charge in [0.2, 0.25) is 0 Å². The predicted octanol–water partition coefficient (Wildman–Crippen LogP) is 2.72. The van der Waals surface area contributed by atoms with Gasteiger partial charge in [0.15, 0.2) is 0 Å². The fourth-order valence-corrected chi connectivity index (χ4v) is 2.37. The van der Waals surface area contributed by atoms with E-state index < -0.39 is 11.0 Å². The van der Waals surface area contributed by atoms with Crippen molar-refractivity contribution in [2.24, 2.45) is 0 Å². The summed E-state index contributed by atoms with van der Waals surface area (Å²) in [5.74, 6) is 0.00337. The Hall–Kier alpha value is -2.87. The SMILES string of the molecule is COc1ccc2cc(C(C)C(=O)OCCOCCO[N+](=O)[O-])ccc2c1. The Morgan fingerprint density at radius 1 is 1.08 bits per heavy atom. The third kappa shape index (κ3) is 5.59. The van der Waals surface area contributed by atoms with Gasteiger partial charge in [-0.2, -0.15) is 0 Å². The molecule has 0 bridgehead atoms. The van der Waals surface area contributed by atoms with Gasteiger partial charge in [-0.25, -0.2) is 0 Å². The smallest absolute Gasteiger partial charge is 0.313 e. The van der Waals surface area contributed by atoms with Crippen LogP contribution in [0.15, 0.2) is 36.4 Å². The van der Waals surface area contributed by atoms with Gasteiger partial charge in [-0.3, -0.25) is 4.79 Å². The zero-order valence-corrected chi connectivity index (χ0v) is 14.7. The number of fused-ring (bicyclic) bond motifs is 1. The summed E-state index contributed by atoms with van der Waals surface area (Å²) in [7, 11) is 1.62. The first-order valence-corrected chi connectivity index (χ1v) is 8.10. The lowest BCUT2D eigenvalue weighted by molar-refractivity contribution is -0.758. The zero-order chi connectivity index (χ0) is 18.9. The van der Waals surface area contributed by atoms with Crippen LogP contribution in [-0.2, 0) is 19.1 Å². The van der Waals surface area contributed by atoms with Gasteiger partial charge in [-0.15, -0.1) is 10.1 Å². The number of benzene rings is 2. The predicted molar refractivity (Wildman–Crippen MR) is 93.6 cm³/mol. The summed E-state index contributed by atoms with van der Waals surface area (Å²) < 4.78 is 15.5. The zero-order valence-electron chi connectivity index (χ0n) is 14.7. The van der Waals surface area contributed by atoms with Crippen LogP contribution < -0.4 is 4.74 Å². The van der Waals surface area contributed by atoms with Crippen molar-refractivity contribution in [1.29, 1.82) is 0 Å². The molecule has 0 saturated heterocycles. The lowest BCUT2D eigenvalue weighted by atomic mass is 9.98. The van der Waals surface area contributed by atoms with Crippen LogP contribution >= 0.6 is 0 Å². The van der Waals surface area contributed by atoms with E-state index in [0.29, 0.717) is 0 Å². The summed E-state index contributed by atoms with van der Waals surface area (Å²) in [6, 6.07) is 11.5. The molecule has 0 aromatic heterocycles. The first kappa shape index (κ1) is 19.5. The lowest BCUT2D eigenvalue weighted by Gasteiger charge is -2.13. The number of nitrogens with zero attached hydrogens (tertiary/aromatic N) is 1. The second-order valence-electron chi connectivity index (χ2n) is 5.53. The summed E-state index contributed by atoms with van der Waals surface area (Å²) in [4.78, 5) is 26.2. The first-order valence-electron chi connectivity index (χ1n) is 8.10. The molecule has 0 aliphatic rings.